The van der Waals surface area contributed by atoms with E-state index in [9.17, 15) is 4.39 Å². The van der Waals surface area contributed by atoms with Crippen LogP contribution in [0.25, 0.3) is 0 Å². The molecule has 1 heterocycles. The zero-order valence-electron chi connectivity index (χ0n) is 7.40. The van der Waals surface area contributed by atoms with Crippen molar-refractivity contribution in [3.63, 3.8) is 0 Å². The van der Waals surface area contributed by atoms with Crippen LogP contribution in [0.4, 0.5) is 10.4 Å². The Hall–Kier alpha value is -1.84. The molecular formula is C10H9FN2O. The van der Waals surface area contributed by atoms with Crippen LogP contribution in [0.15, 0.2) is 34.9 Å². The van der Waals surface area contributed by atoms with Gasteiger partial charge in [0, 0.05) is 6.42 Å². The number of nitrogens with two attached hydrogens (primary N) is 1. The van der Waals surface area contributed by atoms with Gasteiger partial charge >= 0.3 is 0 Å². The molecule has 0 bridgehead atoms. The van der Waals surface area contributed by atoms with E-state index in [0.29, 0.717) is 12.2 Å². The molecule has 2 rings (SSSR count). The second-order valence-corrected chi connectivity index (χ2v) is 2.97. The SMILES string of the molecule is Nc1ncc(Cc2cccc(F)c2)o1. The third-order valence-corrected chi connectivity index (χ3v) is 1.84. The number of rotatable bonds is 2. The number of aromatic nitrogens is 1. The quantitative estimate of drug-likeness (QED) is 0.791. The van der Waals surface area contributed by atoms with Gasteiger partial charge in [-0.25, -0.2) is 9.37 Å². The maximum Gasteiger partial charge on any atom is 0.292 e. The summed E-state index contributed by atoms with van der Waals surface area (Å²) < 4.78 is 17.9. The summed E-state index contributed by atoms with van der Waals surface area (Å²) in [4.78, 5) is 3.75. The van der Waals surface area contributed by atoms with Crippen LogP contribution in [0.2, 0.25) is 0 Å². The molecule has 0 amide bonds. The van der Waals surface area contributed by atoms with Crippen LogP contribution < -0.4 is 5.73 Å². The summed E-state index contributed by atoms with van der Waals surface area (Å²) in [6.45, 7) is 0. The van der Waals surface area contributed by atoms with Gasteiger partial charge in [0.25, 0.3) is 6.01 Å². The lowest BCUT2D eigenvalue weighted by atomic mass is 10.1. The van der Waals surface area contributed by atoms with E-state index in [4.69, 9.17) is 10.2 Å². The van der Waals surface area contributed by atoms with Crippen molar-refractivity contribution in [2.75, 3.05) is 5.73 Å². The average Bonchev–Trinajstić information content (AvgIpc) is 2.51. The number of halogens is 1. The minimum absolute atomic E-state index is 0.136. The Kier molecular flexibility index (Phi) is 2.18. The van der Waals surface area contributed by atoms with Gasteiger partial charge in [0.1, 0.15) is 11.6 Å². The summed E-state index contributed by atoms with van der Waals surface area (Å²) in [5.74, 6) is 0.378. The van der Waals surface area contributed by atoms with Crippen LogP contribution in [0.5, 0.6) is 0 Å². The van der Waals surface area contributed by atoms with Gasteiger partial charge < -0.3 is 10.2 Å². The van der Waals surface area contributed by atoms with Gasteiger partial charge in [0.2, 0.25) is 0 Å². The first-order valence-electron chi connectivity index (χ1n) is 4.18. The smallest absolute Gasteiger partial charge is 0.292 e. The van der Waals surface area contributed by atoms with Gasteiger partial charge in [-0.1, -0.05) is 12.1 Å². The normalized spacial score (nSPS) is 10.4. The molecule has 0 unspecified atom stereocenters. The van der Waals surface area contributed by atoms with E-state index in [-0.39, 0.29) is 11.8 Å². The predicted octanol–water partition coefficient (Wildman–Crippen LogP) is 1.99. The number of nitrogens with zero attached hydrogens (tertiary/aromatic N) is 1. The highest BCUT2D eigenvalue weighted by Gasteiger charge is 2.02. The fourth-order valence-electron chi connectivity index (χ4n) is 1.25. The van der Waals surface area contributed by atoms with Gasteiger partial charge in [-0.15, -0.1) is 0 Å². The van der Waals surface area contributed by atoms with E-state index in [2.05, 4.69) is 4.98 Å². The maximum absolute atomic E-state index is 12.8. The van der Waals surface area contributed by atoms with Gasteiger partial charge in [0.05, 0.1) is 6.20 Å². The molecular weight excluding hydrogens is 183 g/mol. The lowest BCUT2D eigenvalue weighted by molar-refractivity contribution is 0.534. The molecule has 0 fully saturated rings. The topological polar surface area (TPSA) is 52.0 Å². The van der Waals surface area contributed by atoms with E-state index in [1.807, 2.05) is 6.07 Å². The molecule has 3 nitrogen and oxygen atoms in total. The van der Waals surface area contributed by atoms with Gasteiger partial charge in [0.15, 0.2) is 0 Å². The van der Waals surface area contributed by atoms with Gasteiger partial charge in [-0.3, -0.25) is 0 Å². The van der Waals surface area contributed by atoms with Crippen LogP contribution >= 0.6 is 0 Å². The van der Waals surface area contributed by atoms with Gasteiger partial charge in [-0.2, -0.15) is 0 Å². The van der Waals surface area contributed by atoms with Crippen LogP contribution in [-0.2, 0) is 6.42 Å². The summed E-state index contributed by atoms with van der Waals surface area (Å²) in [7, 11) is 0. The second kappa shape index (κ2) is 3.49. The van der Waals surface area contributed by atoms with Gasteiger partial charge in [-0.05, 0) is 17.7 Å². The van der Waals surface area contributed by atoms with E-state index in [1.165, 1.54) is 12.1 Å². The van der Waals surface area contributed by atoms with Crippen molar-refractivity contribution in [3.05, 3.63) is 47.6 Å². The molecule has 4 heteroatoms. The number of hydrogen-bond acceptors (Lipinski definition) is 3. The van der Waals surface area contributed by atoms with Crippen molar-refractivity contribution in [3.8, 4) is 0 Å². The van der Waals surface area contributed by atoms with Crippen LogP contribution in [-0.4, -0.2) is 4.98 Å². The molecule has 0 aliphatic heterocycles. The fourth-order valence-corrected chi connectivity index (χ4v) is 1.25. The van der Waals surface area contributed by atoms with Crippen LogP contribution in [0.3, 0.4) is 0 Å². The fraction of sp³-hybridized carbons (Fsp3) is 0.100. The lowest BCUT2D eigenvalue weighted by Crippen LogP contribution is -1.86. The highest BCUT2D eigenvalue weighted by atomic mass is 19.1. The average molecular weight is 192 g/mol. The maximum atomic E-state index is 12.8. The van der Waals surface area contributed by atoms with Crippen LogP contribution in [0.1, 0.15) is 11.3 Å². The van der Waals surface area contributed by atoms with Crippen molar-refractivity contribution in [1.29, 1.82) is 0 Å². The predicted molar refractivity (Wildman–Crippen MR) is 50.1 cm³/mol. The van der Waals surface area contributed by atoms with Crippen molar-refractivity contribution < 1.29 is 8.81 Å². The molecule has 0 radical (unpaired) electrons. The van der Waals surface area contributed by atoms with E-state index >= 15 is 0 Å². The molecule has 0 atom stereocenters. The van der Waals surface area contributed by atoms with Crippen LogP contribution in [0, 0.1) is 5.82 Å². The Morgan fingerprint density at radius 2 is 2.29 bits per heavy atom. The molecule has 0 aliphatic rings. The third kappa shape index (κ3) is 1.90. The Balaban J connectivity index is 2.18. The summed E-state index contributed by atoms with van der Waals surface area (Å²) >= 11 is 0. The van der Waals surface area contributed by atoms with Crippen molar-refractivity contribution in [2.24, 2.45) is 0 Å². The number of benzene rings is 1. The number of anilines is 1. The Labute approximate surface area is 80.4 Å². The molecule has 2 aromatic rings. The summed E-state index contributed by atoms with van der Waals surface area (Å²) in [6.07, 6.45) is 2.04. The number of nitrogen functional groups attached to an aromatic ring is 1. The molecule has 14 heavy (non-hydrogen) atoms. The number of oxazole rings is 1. The lowest BCUT2D eigenvalue weighted by Gasteiger charge is -1.96. The van der Waals surface area contributed by atoms with Crippen molar-refractivity contribution >= 4 is 6.01 Å². The summed E-state index contributed by atoms with van der Waals surface area (Å²) in [5, 5.41) is 0. The zero-order chi connectivity index (χ0) is 9.97. The molecule has 0 spiro atoms. The largest absolute Gasteiger partial charge is 0.429 e. The third-order valence-electron chi connectivity index (χ3n) is 1.84. The molecule has 0 aliphatic carbocycles. The summed E-state index contributed by atoms with van der Waals surface area (Å²) in [5.41, 5.74) is 6.14. The van der Waals surface area contributed by atoms with Crippen molar-refractivity contribution in [2.45, 2.75) is 6.42 Å². The van der Waals surface area contributed by atoms with E-state index in [0.717, 1.165) is 5.56 Å². The molecule has 1 aromatic carbocycles. The Morgan fingerprint density at radius 3 is 2.93 bits per heavy atom. The highest BCUT2D eigenvalue weighted by molar-refractivity contribution is 5.22. The highest BCUT2D eigenvalue weighted by Crippen LogP contribution is 2.12. The first kappa shape index (κ1) is 8.74. The first-order valence-corrected chi connectivity index (χ1v) is 4.18. The Morgan fingerprint density at radius 1 is 1.43 bits per heavy atom. The minimum atomic E-state index is -0.255. The molecule has 72 valence electrons. The first-order chi connectivity index (χ1) is 6.74. The molecule has 1 aromatic heterocycles. The molecule has 2 N–H and O–H groups in total. The monoisotopic (exact) mass is 192 g/mol. The standard InChI is InChI=1S/C10H9FN2O/c11-8-3-1-2-7(4-8)5-9-6-13-10(12)14-9/h1-4,6H,5H2,(H2,12,13). The number of hydrogen-bond donors (Lipinski definition) is 1. The second-order valence-electron chi connectivity index (χ2n) is 2.97. The zero-order valence-corrected chi connectivity index (χ0v) is 7.40. The van der Waals surface area contributed by atoms with Crippen molar-refractivity contribution in [1.82, 2.24) is 4.98 Å². The Bertz CT molecular complexity index is 439. The van der Waals surface area contributed by atoms with E-state index in [1.54, 1.807) is 12.3 Å². The van der Waals surface area contributed by atoms with E-state index < -0.39 is 0 Å². The molecule has 0 saturated carbocycles. The minimum Gasteiger partial charge on any atom is -0.429 e. The summed E-state index contributed by atoms with van der Waals surface area (Å²) in [6, 6.07) is 6.47. The molecule has 0 saturated heterocycles.